The number of hydrogen-bond acceptors (Lipinski definition) is 6. The smallest absolute Gasteiger partial charge is 0.253 e. The fourth-order valence-electron chi connectivity index (χ4n) is 2.95. The van der Waals surface area contributed by atoms with Gasteiger partial charge >= 0.3 is 0 Å². The highest BCUT2D eigenvalue weighted by Gasteiger charge is 2.19. The summed E-state index contributed by atoms with van der Waals surface area (Å²) in [4.78, 5) is 18.6. The van der Waals surface area contributed by atoms with Crippen LogP contribution in [0.1, 0.15) is 48.0 Å². The monoisotopic (exact) mass is 344 g/mol. The standard InChI is InChI=1S/C18H24N4O3/c1-2-4-14-9-16(25-21-14)11-20-18(24)13-6-7-17(19-10-13)22-8-3-5-15(23)12-22/h6-7,9-10,15,23H,2-5,8,11-12H2,1H3,(H,20,24)/t15-/m1/s1. The van der Waals surface area contributed by atoms with E-state index in [-0.39, 0.29) is 12.0 Å². The molecule has 134 valence electrons. The lowest BCUT2D eigenvalue weighted by Gasteiger charge is -2.30. The Morgan fingerprint density at radius 3 is 3.08 bits per heavy atom. The van der Waals surface area contributed by atoms with Crippen molar-refractivity contribution in [3.05, 3.63) is 41.4 Å². The molecule has 0 saturated carbocycles. The van der Waals surface area contributed by atoms with Gasteiger partial charge in [-0.2, -0.15) is 0 Å². The molecule has 1 aliphatic rings. The van der Waals surface area contributed by atoms with Gasteiger partial charge in [0.15, 0.2) is 5.76 Å². The Hall–Kier alpha value is -2.41. The number of aliphatic hydroxyl groups excluding tert-OH is 1. The molecule has 1 atom stereocenters. The van der Waals surface area contributed by atoms with Gasteiger partial charge in [-0.1, -0.05) is 18.5 Å². The van der Waals surface area contributed by atoms with Crippen LogP contribution < -0.4 is 10.2 Å². The molecule has 2 aromatic heterocycles. The predicted molar refractivity (Wildman–Crippen MR) is 93.4 cm³/mol. The van der Waals surface area contributed by atoms with Crippen LogP contribution in [0.25, 0.3) is 0 Å². The Labute approximate surface area is 147 Å². The number of aromatic nitrogens is 2. The fraction of sp³-hybridized carbons (Fsp3) is 0.500. The van der Waals surface area contributed by atoms with Crippen molar-refractivity contribution in [3.63, 3.8) is 0 Å². The minimum atomic E-state index is -0.307. The molecule has 3 heterocycles. The third kappa shape index (κ3) is 4.57. The zero-order valence-electron chi connectivity index (χ0n) is 14.4. The molecule has 0 aliphatic carbocycles. The van der Waals surface area contributed by atoms with Crippen LogP contribution in [0.3, 0.4) is 0 Å². The normalized spacial score (nSPS) is 17.5. The maximum atomic E-state index is 12.2. The van der Waals surface area contributed by atoms with Crippen LogP contribution in [0.15, 0.2) is 28.9 Å². The number of carbonyl (C=O) groups is 1. The second-order valence-electron chi connectivity index (χ2n) is 6.36. The van der Waals surface area contributed by atoms with Crippen molar-refractivity contribution in [1.29, 1.82) is 0 Å². The van der Waals surface area contributed by atoms with Gasteiger partial charge in [0, 0.05) is 25.4 Å². The Balaban J connectivity index is 1.55. The lowest BCUT2D eigenvalue weighted by atomic mass is 10.1. The number of pyridine rings is 1. The van der Waals surface area contributed by atoms with E-state index in [1.807, 2.05) is 17.0 Å². The summed E-state index contributed by atoms with van der Waals surface area (Å²) in [5.74, 6) is 1.23. The summed E-state index contributed by atoms with van der Waals surface area (Å²) in [5.41, 5.74) is 1.40. The average Bonchev–Trinajstić information content (AvgIpc) is 3.08. The van der Waals surface area contributed by atoms with Gasteiger partial charge in [0.05, 0.1) is 23.9 Å². The van der Waals surface area contributed by atoms with E-state index >= 15 is 0 Å². The Morgan fingerprint density at radius 1 is 1.48 bits per heavy atom. The molecule has 7 heteroatoms. The summed E-state index contributed by atoms with van der Waals surface area (Å²) in [6.45, 7) is 3.85. The first-order chi connectivity index (χ1) is 12.2. The SMILES string of the molecule is CCCc1cc(CNC(=O)c2ccc(N3CCC[C@@H](O)C3)nc2)on1. The van der Waals surface area contributed by atoms with Crippen molar-refractivity contribution in [2.75, 3.05) is 18.0 Å². The molecule has 1 aliphatic heterocycles. The highest BCUT2D eigenvalue weighted by molar-refractivity contribution is 5.93. The van der Waals surface area contributed by atoms with E-state index in [1.165, 1.54) is 0 Å². The summed E-state index contributed by atoms with van der Waals surface area (Å²) < 4.78 is 5.20. The van der Waals surface area contributed by atoms with E-state index in [0.717, 1.165) is 43.7 Å². The lowest BCUT2D eigenvalue weighted by molar-refractivity contribution is 0.0946. The number of nitrogens with zero attached hydrogens (tertiary/aromatic N) is 3. The summed E-state index contributed by atoms with van der Waals surface area (Å²) in [6, 6.07) is 5.44. The van der Waals surface area contributed by atoms with E-state index in [1.54, 1.807) is 12.3 Å². The number of amides is 1. The van der Waals surface area contributed by atoms with E-state index in [4.69, 9.17) is 4.52 Å². The van der Waals surface area contributed by atoms with Gasteiger partial charge in [-0.15, -0.1) is 0 Å². The first-order valence-corrected chi connectivity index (χ1v) is 8.77. The van der Waals surface area contributed by atoms with Crippen molar-refractivity contribution in [3.8, 4) is 0 Å². The molecule has 7 nitrogen and oxygen atoms in total. The zero-order valence-corrected chi connectivity index (χ0v) is 14.4. The number of nitrogens with one attached hydrogen (secondary N) is 1. The van der Waals surface area contributed by atoms with Crippen LogP contribution in [0.2, 0.25) is 0 Å². The molecular formula is C18H24N4O3. The van der Waals surface area contributed by atoms with Crippen LogP contribution in [0.4, 0.5) is 5.82 Å². The van der Waals surface area contributed by atoms with E-state index in [2.05, 4.69) is 22.4 Å². The zero-order chi connectivity index (χ0) is 17.6. The first-order valence-electron chi connectivity index (χ1n) is 8.77. The van der Waals surface area contributed by atoms with E-state index in [9.17, 15) is 9.90 Å². The molecule has 2 N–H and O–H groups in total. The highest BCUT2D eigenvalue weighted by Crippen LogP contribution is 2.18. The Kier molecular flexibility index (Phi) is 5.65. The molecule has 1 saturated heterocycles. The van der Waals surface area contributed by atoms with Gasteiger partial charge in [0.1, 0.15) is 5.82 Å². The quantitative estimate of drug-likeness (QED) is 0.832. The molecule has 0 spiro atoms. The van der Waals surface area contributed by atoms with Gasteiger partial charge in [0.2, 0.25) is 0 Å². The summed E-state index contributed by atoms with van der Waals surface area (Å²) in [5, 5.41) is 16.5. The molecule has 3 rings (SSSR count). The first kappa shape index (κ1) is 17.4. The summed E-state index contributed by atoms with van der Waals surface area (Å²) >= 11 is 0. The molecule has 1 amide bonds. The highest BCUT2D eigenvalue weighted by atomic mass is 16.5. The lowest BCUT2D eigenvalue weighted by Crippen LogP contribution is -2.38. The molecule has 0 bridgehead atoms. The van der Waals surface area contributed by atoms with Gasteiger partial charge in [-0.25, -0.2) is 4.98 Å². The molecule has 0 aromatic carbocycles. The van der Waals surface area contributed by atoms with Crippen LogP contribution in [0, 0.1) is 0 Å². The maximum Gasteiger partial charge on any atom is 0.253 e. The van der Waals surface area contributed by atoms with Crippen molar-refractivity contribution in [2.45, 2.75) is 45.3 Å². The summed E-state index contributed by atoms with van der Waals surface area (Å²) in [6.07, 6.45) is 4.91. The van der Waals surface area contributed by atoms with E-state index < -0.39 is 0 Å². The number of rotatable bonds is 6. The average molecular weight is 344 g/mol. The maximum absolute atomic E-state index is 12.2. The van der Waals surface area contributed by atoms with Crippen LogP contribution in [-0.2, 0) is 13.0 Å². The largest absolute Gasteiger partial charge is 0.391 e. The van der Waals surface area contributed by atoms with Gasteiger partial charge in [-0.05, 0) is 31.4 Å². The van der Waals surface area contributed by atoms with Crippen LogP contribution >= 0.6 is 0 Å². The minimum absolute atomic E-state index is 0.203. The second kappa shape index (κ2) is 8.11. The van der Waals surface area contributed by atoms with Gasteiger partial charge < -0.3 is 19.8 Å². The number of aliphatic hydroxyl groups is 1. The topological polar surface area (TPSA) is 91.5 Å². The van der Waals surface area contributed by atoms with Crippen LogP contribution in [-0.4, -0.2) is 40.3 Å². The summed E-state index contributed by atoms with van der Waals surface area (Å²) in [7, 11) is 0. The number of carbonyl (C=O) groups excluding carboxylic acids is 1. The number of anilines is 1. The third-order valence-corrected chi connectivity index (χ3v) is 4.27. The van der Waals surface area contributed by atoms with Crippen molar-refractivity contribution in [1.82, 2.24) is 15.5 Å². The molecule has 0 radical (unpaired) electrons. The number of aryl methyl sites for hydroxylation is 1. The Morgan fingerprint density at radius 2 is 2.36 bits per heavy atom. The van der Waals surface area contributed by atoms with Gasteiger partial charge in [-0.3, -0.25) is 4.79 Å². The predicted octanol–water partition coefficient (Wildman–Crippen LogP) is 1.91. The number of β-amino-alcohol motifs (C(OH)–C–C–N with tert-alkyl or cyclic N) is 1. The number of hydrogen-bond donors (Lipinski definition) is 2. The van der Waals surface area contributed by atoms with Crippen molar-refractivity contribution < 1.29 is 14.4 Å². The molecular weight excluding hydrogens is 320 g/mol. The Bertz CT molecular complexity index is 699. The molecule has 1 fully saturated rings. The third-order valence-electron chi connectivity index (χ3n) is 4.27. The minimum Gasteiger partial charge on any atom is -0.391 e. The molecule has 2 aromatic rings. The van der Waals surface area contributed by atoms with E-state index in [0.29, 0.717) is 24.4 Å². The van der Waals surface area contributed by atoms with Crippen molar-refractivity contribution >= 4 is 11.7 Å². The second-order valence-corrected chi connectivity index (χ2v) is 6.36. The fourth-order valence-corrected chi connectivity index (χ4v) is 2.95. The molecule has 0 unspecified atom stereocenters. The number of piperidine rings is 1. The van der Waals surface area contributed by atoms with Gasteiger partial charge in [0.25, 0.3) is 5.91 Å². The van der Waals surface area contributed by atoms with Crippen LogP contribution in [0.5, 0.6) is 0 Å². The molecule has 25 heavy (non-hydrogen) atoms. The van der Waals surface area contributed by atoms with Crippen molar-refractivity contribution in [2.24, 2.45) is 0 Å².